The monoisotopic (exact) mass is 380 g/mol. The van der Waals surface area contributed by atoms with E-state index in [1.807, 2.05) is 6.92 Å². The molecule has 0 N–H and O–H groups in total. The number of halogens is 3. The summed E-state index contributed by atoms with van der Waals surface area (Å²) in [4.78, 5) is 15.7. The predicted octanol–water partition coefficient (Wildman–Crippen LogP) is 4.42. The lowest BCUT2D eigenvalue weighted by Gasteiger charge is -2.13. The van der Waals surface area contributed by atoms with Gasteiger partial charge < -0.3 is 9.30 Å². The SMILES string of the molecule is Cc1nc(COc2cc(-c3ccc(=O)n(C)c3)cc(C(F)(F)F)c2)cs1. The van der Waals surface area contributed by atoms with Gasteiger partial charge in [-0.1, -0.05) is 0 Å². The van der Waals surface area contributed by atoms with E-state index in [0.29, 0.717) is 16.8 Å². The van der Waals surface area contributed by atoms with E-state index in [-0.39, 0.29) is 17.9 Å². The van der Waals surface area contributed by atoms with E-state index < -0.39 is 11.7 Å². The van der Waals surface area contributed by atoms with E-state index in [9.17, 15) is 18.0 Å². The first-order valence-electron chi connectivity index (χ1n) is 7.65. The van der Waals surface area contributed by atoms with Crippen LogP contribution in [0.4, 0.5) is 13.2 Å². The second-order valence-electron chi connectivity index (χ2n) is 5.76. The Bertz CT molecular complexity index is 993. The molecule has 0 atom stereocenters. The molecule has 0 aliphatic carbocycles. The Kier molecular flexibility index (Phi) is 4.86. The minimum absolute atomic E-state index is 0.0817. The Hall–Kier alpha value is -2.61. The van der Waals surface area contributed by atoms with Gasteiger partial charge in [-0.05, 0) is 42.3 Å². The highest BCUT2D eigenvalue weighted by Gasteiger charge is 2.31. The third kappa shape index (κ3) is 4.13. The van der Waals surface area contributed by atoms with Gasteiger partial charge in [0, 0.05) is 24.7 Å². The Morgan fingerprint density at radius 3 is 2.58 bits per heavy atom. The molecule has 26 heavy (non-hydrogen) atoms. The summed E-state index contributed by atoms with van der Waals surface area (Å²) in [5, 5.41) is 2.66. The number of rotatable bonds is 4. The van der Waals surface area contributed by atoms with Crippen LogP contribution in [0.2, 0.25) is 0 Å². The number of aromatic nitrogens is 2. The van der Waals surface area contributed by atoms with Crippen LogP contribution < -0.4 is 10.3 Å². The molecule has 4 nitrogen and oxygen atoms in total. The zero-order valence-corrected chi connectivity index (χ0v) is 14.8. The lowest BCUT2D eigenvalue weighted by Crippen LogP contribution is -2.14. The number of pyridine rings is 1. The fraction of sp³-hybridized carbons (Fsp3) is 0.222. The maximum Gasteiger partial charge on any atom is 0.416 e. The maximum atomic E-state index is 13.3. The molecule has 2 heterocycles. The lowest BCUT2D eigenvalue weighted by molar-refractivity contribution is -0.137. The molecule has 2 aromatic heterocycles. The van der Waals surface area contributed by atoms with Crippen LogP contribution in [0.5, 0.6) is 5.75 Å². The third-order valence-corrected chi connectivity index (χ3v) is 4.53. The minimum atomic E-state index is -4.51. The summed E-state index contributed by atoms with van der Waals surface area (Å²) in [5.74, 6) is 0.0920. The second-order valence-corrected chi connectivity index (χ2v) is 6.82. The lowest BCUT2D eigenvalue weighted by atomic mass is 10.0. The highest BCUT2D eigenvalue weighted by molar-refractivity contribution is 7.09. The molecule has 0 amide bonds. The first-order chi connectivity index (χ1) is 12.2. The van der Waals surface area contributed by atoms with E-state index in [2.05, 4.69) is 4.98 Å². The summed E-state index contributed by atoms with van der Waals surface area (Å²) in [6, 6.07) is 6.33. The number of aryl methyl sites for hydroxylation is 2. The van der Waals surface area contributed by atoms with Gasteiger partial charge in [-0.25, -0.2) is 4.98 Å². The predicted molar refractivity (Wildman–Crippen MR) is 93.3 cm³/mol. The highest BCUT2D eigenvalue weighted by atomic mass is 32.1. The number of hydrogen-bond acceptors (Lipinski definition) is 4. The molecule has 0 aliphatic heterocycles. The van der Waals surface area contributed by atoms with E-state index in [1.165, 1.54) is 40.3 Å². The summed E-state index contributed by atoms with van der Waals surface area (Å²) in [6.07, 6.45) is -3.02. The molecule has 0 bridgehead atoms. The first-order valence-corrected chi connectivity index (χ1v) is 8.53. The fourth-order valence-corrected chi connectivity index (χ4v) is 3.01. The standard InChI is InChI=1S/C18H15F3N2O2S/c1-11-22-15(10-26-11)9-25-16-6-13(5-14(7-16)18(19,20)21)12-3-4-17(24)23(2)8-12/h3-8,10H,9H2,1-2H3. The van der Waals surface area contributed by atoms with Crippen molar-refractivity contribution < 1.29 is 17.9 Å². The average Bonchev–Trinajstić information content (AvgIpc) is 3.00. The quantitative estimate of drug-likeness (QED) is 0.673. The zero-order chi connectivity index (χ0) is 18.9. The second kappa shape index (κ2) is 6.95. The summed E-state index contributed by atoms with van der Waals surface area (Å²) in [6.45, 7) is 1.93. The van der Waals surface area contributed by atoms with Crippen molar-refractivity contribution in [2.24, 2.45) is 7.05 Å². The summed E-state index contributed by atoms with van der Waals surface area (Å²) >= 11 is 1.45. The van der Waals surface area contributed by atoms with Crippen molar-refractivity contribution in [3.05, 3.63) is 68.5 Å². The Morgan fingerprint density at radius 1 is 1.19 bits per heavy atom. The van der Waals surface area contributed by atoms with Crippen LogP contribution in [0.3, 0.4) is 0 Å². The summed E-state index contributed by atoms with van der Waals surface area (Å²) < 4.78 is 46.6. The van der Waals surface area contributed by atoms with Crippen LogP contribution in [0, 0.1) is 6.92 Å². The van der Waals surface area contributed by atoms with Crippen LogP contribution in [0.25, 0.3) is 11.1 Å². The normalized spacial score (nSPS) is 11.6. The van der Waals surface area contributed by atoms with Crippen LogP contribution in [-0.4, -0.2) is 9.55 Å². The molecule has 0 saturated carbocycles. The molecule has 3 aromatic rings. The Balaban J connectivity index is 1.98. The van der Waals surface area contributed by atoms with Crippen LogP contribution >= 0.6 is 11.3 Å². The van der Waals surface area contributed by atoms with Gasteiger partial charge in [0.15, 0.2) is 0 Å². The van der Waals surface area contributed by atoms with Gasteiger partial charge in [-0.3, -0.25) is 4.79 Å². The molecule has 0 unspecified atom stereocenters. The summed E-state index contributed by atoms with van der Waals surface area (Å²) in [5.41, 5.74) is 0.422. The van der Waals surface area contributed by atoms with Crippen LogP contribution in [-0.2, 0) is 19.8 Å². The largest absolute Gasteiger partial charge is 0.487 e. The van der Waals surface area contributed by atoms with Gasteiger partial charge in [-0.15, -0.1) is 11.3 Å². The van der Waals surface area contributed by atoms with Crippen LogP contribution in [0.1, 0.15) is 16.3 Å². The molecule has 136 valence electrons. The van der Waals surface area contributed by atoms with Gasteiger partial charge in [-0.2, -0.15) is 13.2 Å². The van der Waals surface area contributed by atoms with Crippen LogP contribution in [0.15, 0.2) is 46.7 Å². The third-order valence-electron chi connectivity index (χ3n) is 3.71. The number of alkyl halides is 3. The number of hydrogen-bond donors (Lipinski definition) is 0. The zero-order valence-electron chi connectivity index (χ0n) is 14.0. The van der Waals surface area contributed by atoms with E-state index in [0.717, 1.165) is 17.1 Å². The van der Waals surface area contributed by atoms with E-state index in [4.69, 9.17) is 4.74 Å². The van der Waals surface area contributed by atoms with Crippen molar-refractivity contribution in [1.29, 1.82) is 0 Å². The van der Waals surface area contributed by atoms with Crippen molar-refractivity contribution in [3.63, 3.8) is 0 Å². The molecule has 8 heteroatoms. The minimum Gasteiger partial charge on any atom is -0.487 e. The number of ether oxygens (including phenoxy) is 1. The molecular weight excluding hydrogens is 365 g/mol. The topological polar surface area (TPSA) is 44.1 Å². The van der Waals surface area contributed by atoms with Gasteiger partial charge in [0.2, 0.25) is 5.56 Å². The number of nitrogens with zero attached hydrogens (tertiary/aromatic N) is 2. The maximum absolute atomic E-state index is 13.3. The smallest absolute Gasteiger partial charge is 0.416 e. The molecule has 0 radical (unpaired) electrons. The van der Waals surface area contributed by atoms with Crippen molar-refractivity contribution in [1.82, 2.24) is 9.55 Å². The highest BCUT2D eigenvalue weighted by Crippen LogP contribution is 2.35. The number of thiazole rings is 1. The molecule has 0 fully saturated rings. The van der Waals surface area contributed by atoms with Crippen molar-refractivity contribution in [3.8, 4) is 16.9 Å². The van der Waals surface area contributed by atoms with Gasteiger partial charge in [0.25, 0.3) is 0 Å². The molecule has 0 aliphatic rings. The fourth-order valence-electron chi connectivity index (χ4n) is 2.41. The molecular formula is C18H15F3N2O2S. The average molecular weight is 380 g/mol. The van der Waals surface area contributed by atoms with Gasteiger partial charge >= 0.3 is 6.18 Å². The summed E-state index contributed by atoms with van der Waals surface area (Å²) in [7, 11) is 1.54. The first kappa shape index (κ1) is 18.2. The van der Waals surface area contributed by atoms with E-state index in [1.54, 1.807) is 12.4 Å². The van der Waals surface area contributed by atoms with Crippen molar-refractivity contribution in [2.75, 3.05) is 0 Å². The van der Waals surface area contributed by atoms with Gasteiger partial charge in [0.05, 0.1) is 16.3 Å². The molecule has 1 aromatic carbocycles. The van der Waals surface area contributed by atoms with Crippen molar-refractivity contribution in [2.45, 2.75) is 19.7 Å². The Morgan fingerprint density at radius 2 is 1.96 bits per heavy atom. The molecule has 0 spiro atoms. The Labute approximate surface area is 151 Å². The number of benzene rings is 1. The van der Waals surface area contributed by atoms with E-state index >= 15 is 0 Å². The van der Waals surface area contributed by atoms with Gasteiger partial charge in [0.1, 0.15) is 12.4 Å². The van der Waals surface area contributed by atoms with Crippen molar-refractivity contribution >= 4 is 11.3 Å². The molecule has 0 saturated heterocycles. The molecule has 3 rings (SSSR count).